The van der Waals surface area contributed by atoms with E-state index in [4.69, 9.17) is 11.2 Å². The number of hydrogen-bond acceptors (Lipinski definition) is 3. The first-order chi connectivity index (χ1) is 8.19. The third-order valence-corrected chi connectivity index (χ3v) is 2.76. The van der Waals surface area contributed by atoms with Crippen LogP contribution in [0, 0.1) is 18.3 Å². The summed E-state index contributed by atoms with van der Waals surface area (Å²) < 4.78 is 4.90. The van der Waals surface area contributed by atoms with Crippen molar-refractivity contribution in [3.63, 3.8) is 0 Å². The molecule has 0 spiro atoms. The van der Waals surface area contributed by atoms with Crippen molar-refractivity contribution in [2.45, 2.75) is 19.8 Å². The number of ether oxygens (including phenoxy) is 1. The second-order valence-corrected chi connectivity index (χ2v) is 3.88. The van der Waals surface area contributed by atoms with Crippen molar-refractivity contribution in [1.82, 2.24) is 10.2 Å². The number of carbonyl (C=O) groups is 2. The van der Waals surface area contributed by atoms with Gasteiger partial charge in [0, 0.05) is 19.0 Å². The van der Waals surface area contributed by atoms with Crippen LogP contribution in [0.1, 0.15) is 19.8 Å². The molecule has 1 N–H and O–H groups in total. The van der Waals surface area contributed by atoms with E-state index in [-0.39, 0.29) is 24.5 Å². The highest BCUT2D eigenvalue weighted by Gasteiger charge is 2.27. The number of hydrogen-bond donors (Lipinski definition) is 1. The zero-order valence-corrected chi connectivity index (χ0v) is 10.1. The molecule has 0 saturated carbocycles. The number of likely N-dealkylation sites (tertiary alicyclic amines) is 1. The quantitative estimate of drug-likeness (QED) is 0.733. The molecule has 1 aliphatic heterocycles. The Morgan fingerprint density at radius 1 is 1.47 bits per heavy atom. The Hall–Kier alpha value is -1.70. The molecule has 1 rings (SSSR count). The van der Waals surface area contributed by atoms with Crippen molar-refractivity contribution in [2.24, 2.45) is 5.92 Å². The Labute approximate surface area is 101 Å². The van der Waals surface area contributed by atoms with Crippen molar-refractivity contribution in [1.29, 1.82) is 0 Å². The molecule has 0 unspecified atom stereocenters. The van der Waals surface area contributed by atoms with Crippen LogP contribution in [0.3, 0.4) is 0 Å². The van der Waals surface area contributed by atoms with E-state index in [2.05, 4.69) is 11.2 Å². The molecule has 1 aliphatic rings. The summed E-state index contributed by atoms with van der Waals surface area (Å²) in [5.41, 5.74) is 0. The number of piperidine rings is 1. The smallest absolute Gasteiger partial charge is 0.409 e. The molecule has 1 heterocycles. The van der Waals surface area contributed by atoms with Crippen LogP contribution in [-0.4, -0.2) is 43.1 Å². The first kappa shape index (κ1) is 13.4. The Morgan fingerprint density at radius 3 is 2.65 bits per heavy atom. The number of nitrogens with zero attached hydrogens (tertiary/aromatic N) is 1. The Balaban J connectivity index is 2.33. The van der Waals surface area contributed by atoms with Gasteiger partial charge in [-0.15, -0.1) is 6.42 Å². The lowest BCUT2D eigenvalue weighted by Crippen LogP contribution is -2.43. The molecular formula is C12H18N2O3. The third kappa shape index (κ3) is 3.99. The minimum Gasteiger partial charge on any atom is -0.450 e. The molecule has 94 valence electrons. The van der Waals surface area contributed by atoms with E-state index in [1.165, 1.54) is 0 Å². The lowest BCUT2D eigenvalue weighted by Gasteiger charge is -2.30. The Bertz CT molecular complexity index is 314. The molecule has 0 aromatic heterocycles. The monoisotopic (exact) mass is 238 g/mol. The third-order valence-electron chi connectivity index (χ3n) is 2.76. The van der Waals surface area contributed by atoms with Crippen molar-refractivity contribution >= 4 is 12.0 Å². The van der Waals surface area contributed by atoms with E-state index in [0.717, 1.165) is 0 Å². The van der Waals surface area contributed by atoms with Crippen LogP contribution in [-0.2, 0) is 9.53 Å². The van der Waals surface area contributed by atoms with Gasteiger partial charge in [0.25, 0.3) is 0 Å². The van der Waals surface area contributed by atoms with E-state index in [0.29, 0.717) is 32.5 Å². The highest BCUT2D eigenvalue weighted by atomic mass is 16.6. The van der Waals surface area contributed by atoms with Crippen LogP contribution < -0.4 is 5.32 Å². The van der Waals surface area contributed by atoms with Crippen molar-refractivity contribution in [3.8, 4) is 12.3 Å². The van der Waals surface area contributed by atoms with Gasteiger partial charge in [-0.05, 0) is 19.8 Å². The van der Waals surface area contributed by atoms with Crippen LogP contribution in [0.2, 0.25) is 0 Å². The van der Waals surface area contributed by atoms with Gasteiger partial charge < -0.3 is 15.0 Å². The summed E-state index contributed by atoms with van der Waals surface area (Å²) in [4.78, 5) is 24.7. The van der Waals surface area contributed by atoms with Crippen molar-refractivity contribution in [3.05, 3.63) is 0 Å². The number of amides is 2. The summed E-state index contributed by atoms with van der Waals surface area (Å²) in [6, 6.07) is 0. The average Bonchev–Trinajstić information content (AvgIpc) is 2.36. The molecule has 0 aromatic carbocycles. The maximum atomic E-state index is 11.6. The highest BCUT2D eigenvalue weighted by molar-refractivity contribution is 5.79. The molecule has 2 amide bonds. The predicted octanol–water partition coefficient (Wildman–Crippen LogP) is 0.604. The lowest BCUT2D eigenvalue weighted by molar-refractivity contribution is -0.126. The lowest BCUT2D eigenvalue weighted by atomic mass is 9.96. The van der Waals surface area contributed by atoms with E-state index in [1.54, 1.807) is 11.8 Å². The van der Waals surface area contributed by atoms with E-state index < -0.39 is 0 Å². The SMILES string of the molecule is C#CCNC(=O)C1CCN(C(=O)OCC)CC1. The maximum Gasteiger partial charge on any atom is 0.409 e. The molecule has 0 radical (unpaired) electrons. The van der Waals surface area contributed by atoms with E-state index in [9.17, 15) is 9.59 Å². The minimum absolute atomic E-state index is 0.0218. The van der Waals surface area contributed by atoms with Crippen LogP contribution in [0.15, 0.2) is 0 Å². The van der Waals surface area contributed by atoms with Crippen LogP contribution >= 0.6 is 0 Å². The van der Waals surface area contributed by atoms with Gasteiger partial charge in [0.1, 0.15) is 0 Å². The summed E-state index contributed by atoms with van der Waals surface area (Å²) in [7, 11) is 0. The molecule has 0 bridgehead atoms. The summed E-state index contributed by atoms with van der Waals surface area (Å²) in [6.45, 7) is 3.54. The minimum atomic E-state index is -0.296. The van der Waals surface area contributed by atoms with Gasteiger partial charge in [-0.3, -0.25) is 4.79 Å². The number of rotatable bonds is 3. The van der Waals surface area contributed by atoms with Gasteiger partial charge in [-0.25, -0.2) is 4.79 Å². The van der Waals surface area contributed by atoms with Crippen LogP contribution in [0.4, 0.5) is 4.79 Å². The second kappa shape index (κ2) is 6.79. The van der Waals surface area contributed by atoms with Gasteiger partial charge in [0.15, 0.2) is 0 Å². The fourth-order valence-corrected chi connectivity index (χ4v) is 1.82. The number of terminal acetylenes is 1. The second-order valence-electron chi connectivity index (χ2n) is 3.88. The summed E-state index contributed by atoms with van der Waals surface area (Å²) in [5, 5.41) is 2.66. The van der Waals surface area contributed by atoms with Gasteiger partial charge in [-0.1, -0.05) is 5.92 Å². The Morgan fingerprint density at radius 2 is 2.12 bits per heavy atom. The molecule has 0 atom stereocenters. The predicted molar refractivity (Wildman–Crippen MR) is 63.2 cm³/mol. The van der Waals surface area contributed by atoms with E-state index >= 15 is 0 Å². The maximum absolute atomic E-state index is 11.6. The molecule has 0 aliphatic carbocycles. The van der Waals surface area contributed by atoms with Crippen molar-refractivity contribution in [2.75, 3.05) is 26.2 Å². The number of nitrogens with one attached hydrogen (secondary N) is 1. The van der Waals surface area contributed by atoms with Crippen LogP contribution in [0.5, 0.6) is 0 Å². The molecule has 5 heteroatoms. The topological polar surface area (TPSA) is 58.6 Å². The molecule has 17 heavy (non-hydrogen) atoms. The summed E-state index contributed by atoms with van der Waals surface area (Å²) in [5.74, 6) is 2.30. The standard InChI is InChI=1S/C12H18N2O3/c1-3-7-13-11(15)10-5-8-14(9-6-10)12(16)17-4-2/h1,10H,4-9H2,2H3,(H,13,15). The summed E-state index contributed by atoms with van der Waals surface area (Å²) in [6.07, 6.45) is 6.09. The first-order valence-corrected chi connectivity index (χ1v) is 5.82. The highest BCUT2D eigenvalue weighted by Crippen LogP contribution is 2.17. The van der Waals surface area contributed by atoms with Crippen LogP contribution in [0.25, 0.3) is 0 Å². The number of carbonyl (C=O) groups excluding carboxylic acids is 2. The van der Waals surface area contributed by atoms with E-state index in [1.807, 2.05) is 0 Å². The van der Waals surface area contributed by atoms with Gasteiger partial charge >= 0.3 is 6.09 Å². The molecule has 1 fully saturated rings. The average molecular weight is 238 g/mol. The van der Waals surface area contributed by atoms with Crippen molar-refractivity contribution < 1.29 is 14.3 Å². The van der Waals surface area contributed by atoms with Gasteiger partial charge in [-0.2, -0.15) is 0 Å². The zero-order valence-electron chi connectivity index (χ0n) is 10.1. The molecule has 1 saturated heterocycles. The fourth-order valence-electron chi connectivity index (χ4n) is 1.82. The molecular weight excluding hydrogens is 220 g/mol. The Kier molecular flexibility index (Phi) is 5.34. The van der Waals surface area contributed by atoms with Gasteiger partial charge in [0.2, 0.25) is 5.91 Å². The summed E-state index contributed by atoms with van der Waals surface area (Å²) >= 11 is 0. The van der Waals surface area contributed by atoms with Gasteiger partial charge in [0.05, 0.1) is 13.2 Å². The molecule has 0 aromatic rings. The zero-order chi connectivity index (χ0) is 12.7. The first-order valence-electron chi connectivity index (χ1n) is 5.82. The molecule has 5 nitrogen and oxygen atoms in total. The normalized spacial score (nSPS) is 16.1. The fraction of sp³-hybridized carbons (Fsp3) is 0.667. The largest absolute Gasteiger partial charge is 0.450 e.